The van der Waals surface area contributed by atoms with Crippen molar-refractivity contribution < 1.29 is 9.15 Å². The van der Waals surface area contributed by atoms with Crippen LogP contribution < -0.4 is 10.6 Å². The van der Waals surface area contributed by atoms with Crippen LogP contribution in [-0.4, -0.2) is 87.4 Å². The molecule has 2 N–H and O–H groups in total. The highest BCUT2D eigenvalue weighted by Gasteiger charge is 2.20. The molecule has 7 nitrogen and oxygen atoms in total. The van der Waals surface area contributed by atoms with Gasteiger partial charge in [-0.2, -0.15) is 0 Å². The highest BCUT2D eigenvalue weighted by molar-refractivity contribution is 14.0. The van der Waals surface area contributed by atoms with Crippen LogP contribution in [-0.2, 0) is 11.2 Å². The number of rotatable bonds is 11. The van der Waals surface area contributed by atoms with E-state index in [1.807, 2.05) is 12.1 Å². The van der Waals surface area contributed by atoms with Gasteiger partial charge in [0.05, 0.1) is 19.5 Å². The normalized spacial score (nSPS) is 20.9. The zero-order valence-electron chi connectivity index (χ0n) is 19.2. The van der Waals surface area contributed by atoms with E-state index in [0.29, 0.717) is 0 Å². The molecule has 2 saturated heterocycles. The van der Waals surface area contributed by atoms with Gasteiger partial charge in [0.1, 0.15) is 5.76 Å². The minimum atomic E-state index is 0. The van der Waals surface area contributed by atoms with Crippen molar-refractivity contribution in [3.63, 3.8) is 0 Å². The van der Waals surface area contributed by atoms with E-state index >= 15 is 0 Å². The average molecular weight is 548 g/mol. The summed E-state index contributed by atoms with van der Waals surface area (Å²) in [5.41, 5.74) is 0. The summed E-state index contributed by atoms with van der Waals surface area (Å²) in [6.07, 6.45) is 8.99. The monoisotopic (exact) mass is 547 g/mol. The van der Waals surface area contributed by atoms with Gasteiger partial charge >= 0.3 is 0 Å². The number of aliphatic imine (C=N–C) groups is 1. The van der Waals surface area contributed by atoms with Crippen molar-refractivity contribution in [2.24, 2.45) is 4.99 Å². The fourth-order valence-corrected chi connectivity index (χ4v) is 4.38. The summed E-state index contributed by atoms with van der Waals surface area (Å²) in [4.78, 5) is 9.95. The Morgan fingerprint density at radius 2 is 1.97 bits per heavy atom. The number of piperidine rings is 1. The quantitative estimate of drug-likeness (QED) is 0.192. The van der Waals surface area contributed by atoms with Crippen molar-refractivity contribution in [2.75, 3.05) is 65.6 Å². The summed E-state index contributed by atoms with van der Waals surface area (Å²) >= 11 is 0. The Morgan fingerprint density at radius 3 is 2.74 bits per heavy atom. The van der Waals surface area contributed by atoms with Crippen molar-refractivity contribution in [1.29, 1.82) is 0 Å². The van der Waals surface area contributed by atoms with E-state index in [1.165, 1.54) is 32.2 Å². The molecule has 178 valence electrons. The van der Waals surface area contributed by atoms with Gasteiger partial charge in [0.15, 0.2) is 5.96 Å². The third kappa shape index (κ3) is 10.1. The lowest BCUT2D eigenvalue weighted by molar-refractivity contribution is 0.0377. The number of furan rings is 1. The van der Waals surface area contributed by atoms with Crippen LogP contribution in [0.5, 0.6) is 0 Å². The van der Waals surface area contributed by atoms with Crippen molar-refractivity contribution in [3.05, 3.63) is 24.2 Å². The maximum absolute atomic E-state index is 5.44. The zero-order chi connectivity index (χ0) is 20.9. The molecular weight excluding hydrogens is 505 g/mol. The predicted octanol–water partition coefficient (Wildman–Crippen LogP) is 2.96. The van der Waals surface area contributed by atoms with E-state index in [0.717, 1.165) is 89.6 Å². The second-order valence-electron chi connectivity index (χ2n) is 8.31. The molecule has 0 radical (unpaired) electrons. The highest BCUT2D eigenvalue weighted by Crippen LogP contribution is 2.18. The number of morpholine rings is 1. The first kappa shape index (κ1) is 26.4. The second-order valence-corrected chi connectivity index (χ2v) is 8.31. The maximum atomic E-state index is 5.44. The Kier molecular flexibility index (Phi) is 13.5. The first-order valence-electron chi connectivity index (χ1n) is 11.9. The first-order valence-corrected chi connectivity index (χ1v) is 11.9. The number of halogens is 1. The number of ether oxygens (including phenoxy) is 1. The zero-order valence-corrected chi connectivity index (χ0v) is 21.5. The third-order valence-corrected chi connectivity index (χ3v) is 6.16. The van der Waals surface area contributed by atoms with E-state index in [2.05, 4.69) is 27.4 Å². The minimum absolute atomic E-state index is 0. The van der Waals surface area contributed by atoms with Crippen LogP contribution in [0.2, 0.25) is 0 Å². The van der Waals surface area contributed by atoms with E-state index in [-0.39, 0.29) is 24.0 Å². The lowest BCUT2D eigenvalue weighted by Gasteiger charge is -2.35. The Morgan fingerprint density at radius 1 is 1.13 bits per heavy atom. The standard InChI is InChI=1S/C23H41N5O2.HI/c1-2-21-7-3-4-14-28(21)15-12-26-23(25-11-9-22-8-5-18-30-22)24-10-6-13-27-16-19-29-20-17-27;/h5,8,18,21H,2-4,6-7,9-17,19-20H2,1H3,(H2,24,25,26);1H. The number of hydrogen-bond donors (Lipinski definition) is 2. The molecule has 1 aromatic heterocycles. The SMILES string of the molecule is CCC1CCCCN1CCNC(=NCCCN1CCOCC1)NCCc1ccco1.I. The second kappa shape index (κ2) is 15.9. The maximum Gasteiger partial charge on any atom is 0.191 e. The first-order chi connectivity index (χ1) is 14.8. The minimum Gasteiger partial charge on any atom is -0.469 e. The summed E-state index contributed by atoms with van der Waals surface area (Å²) in [6.45, 7) is 12.1. The molecule has 8 heteroatoms. The van der Waals surface area contributed by atoms with Crippen LogP contribution in [0.4, 0.5) is 0 Å². The molecule has 0 aliphatic carbocycles. The van der Waals surface area contributed by atoms with Gasteiger partial charge in [-0.05, 0) is 44.4 Å². The summed E-state index contributed by atoms with van der Waals surface area (Å²) in [5.74, 6) is 1.93. The van der Waals surface area contributed by atoms with Crippen molar-refractivity contribution >= 4 is 29.9 Å². The molecule has 3 rings (SSSR count). The van der Waals surface area contributed by atoms with Gasteiger partial charge in [-0.15, -0.1) is 24.0 Å². The van der Waals surface area contributed by atoms with Gasteiger partial charge < -0.3 is 19.8 Å². The number of nitrogens with one attached hydrogen (secondary N) is 2. The molecule has 3 heterocycles. The fraction of sp³-hybridized carbons (Fsp3) is 0.783. The van der Waals surface area contributed by atoms with Crippen molar-refractivity contribution in [3.8, 4) is 0 Å². The van der Waals surface area contributed by atoms with E-state index < -0.39 is 0 Å². The van der Waals surface area contributed by atoms with Gasteiger partial charge in [0.2, 0.25) is 0 Å². The number of guanidine groups is 1. The highest BCUT2D eigenvalue weighted by atomic mass is 127. The van der Waals surface area contributed by atoms with E-state index in [9.17, 15) is 0 Å². The molecule has 31 heavy (non-hydrogen) atoms. The summed E-state index contributed by atoms with van der Waals surface area (Å²) in [7, 11) is 0. The van der Waals surface area contributed by atoms with Crippen LogP contribution in [0.3, 0.4) is 0 Å². The Labute approximate surface area is 205 Å². The molecule has 2 aliphatic rings. The van der Waals surface area contributed by atoms with Crippen LogP contribution in [0.25, 0.3) is 0 Å². The topological polar surface area (TPSA) is 65.3 Å². The van der Waals surface area contributed by atoms with Crippen molar-refractivity contribution in [2.45, 2.75) is 51.5 Å². The van der Waals surface area contributed by atoms with E-state index in [4.69, 9.17) is 14.1 Å². The summed E-state index contributed by atoms with van der Waals surface area (Å²) < 4.78 is 10.9. The number of nitrogens with zero attached hydrogens (tertiary/aromatic N) is 3. The number of hydrogen-bond acceptors (Lipinski definition) is 5. The smallest absolute Gasteiger partial charge is 0.191 e. The lowest BCUT2D eigenvalue weighted by atomic mass is 10.0. The molecule has 1 unspecified atom stereocenters. The summed E-state index contributed by atoms with van der Waals surface area (Å²) in [6, 6.07) is 4.72. The van der Waals surface area contributed by atoms with Crippen LogP contribution >= 0.6 is 24.0 Å². The van der Waals surface area contributed by atoms with E-state index in [1.54, 1.807) is 6.26 Å². The van der Waals surface area contributed by atoms with Gasteiger partial charge in [-0.3, -0.25) is 14.8 Å². The van der Waals surface area contributed by atoms with Gasteiger partial charge in [0.25, 0.3) is 0 Å². The lowest BCUT2D eigenvalue weighted by Crippen LogP contribution is -2.46. The third-order valence-electron chi connectivity index (χ3n) is 6.16. The molecule has 0 spiro atoms. The summed E-state index contributed by atoms with van der Waals surface area (Å²) in [5, 5.41) is 7.05. The molecule has 2 aliphatic heterocycles. The van der Waals surface area contributed by atoms with Crippen LogP contribution in [0, 0.1) is 0 Å². The Hall–Kier alpha value is -0.840. The Balaban J connectivity index is 0.00000341. The molecule has 2 fully saturated rings. The Bertz CT molecular complexity index is 593. The molecule has 1 aromatic rings. The van der Waals surface area contributed by atoms with Crippen LogP contribution in [0.1, 0.15) is 44.8 Å². The van der Waals surface area contributed by atoms with Gasteiger partial charge in [-0.1, -0.05) is 13.3 Å². The molecule has 0 saturated carbocycles. The number of likely N-dealkylation sites (tertiary alicyclic amines) is 1. The molecular formula is C23H42IN5O2. The fourth-order valence-electron chi connectivity index (χ4n) is 4.38. The largest absolute Gasteiger partial charge is 0.469 e. The molecule has 0 amide bonds. The molecule has 0 aromatic carbocycles. The van der Waals surface area contributed by atoms with Crippen molar-refractivity contribution in [1.82, 2.24) is 20.4 Å². The average Bonchev–Trinajstić information content (AvgIpc) is 3.31. The molecule has 1 atom stereocenters. The molecule has 0 bridgehead atoms. The van der Waals surface area contributed by atoms with Gasteiger partial charge in [0, 0.05) is 58.3 Å². The van der Waals surface area contributed by atoms with Crippen LogP contribution in [0.15, 0.2) is 27.8 Å². The van der Waals surface area contributed by atoms with Gasteiger partial charge in [-0.25, -0.2) is 0 Å². The predicted molar refractivity (Wildman–Crippen MR) is 138 cm³/mol.